The van der Waals surface area contributed by atoms with E-state index in [4.69, 9.17) is 18.9 Å². The minimum atomic E-state index is -1.69. The van der Waals surface area contributed by atoms with Crippen LogP contribution in [0, 0.1) is 5.92 Å². The maximum absolute atomic E-state index is 13.6. The Morgan fingerprint density at radius 3 is 2.12 bits per heavy atom. The van der Waals surface area contributed by atoms with Gasteiger partial charge in [0, 0.05) is 17.9 Å². The minimum Gasteiger partial charge on any atom is -0.493 e. The molecule has 1 fully saturated rings. The highest BCUT2D eigenvalue weighted by atomic mass is 16.6. The van der Waals surface area contributed by atoms with Crippen LogP contribution in [-0.2, 0) is 50.1 Å². The van der Waals surface area contributed by atoms with Gasteiger partial charge < -0.3 is 50.0 Å². The number of carbonyl (C=O) groups excluding carboxylic acids is 4. The quantitative estimate of drug-likeness (QED) is 0.149. The molecule has 5 rings (SSSR count). The molecule has 6 N–H and O–H groups in total. The smallest absolute Gasteiger partial charge is 0.326 e. The fraction of sp³-hybridized carbons (Fsp3) is 0.562. The van der Waals surface area contributed by atoms with E-state index in [2.05, 4.69) is 10.6 Å². The number of aliphatic hydroxyl groups is 2. The number of esters is 2. The highest BCUT2D eigenvalue weighted by molar-refractivity contribution is 5.90. The lowest BCUT2D eigenvalue weighted by Gasteiger charge is -2.60. The van der Waals surface area contributed by atoms with Crippen LogP contribution in [0.25, 0.3) is 0 Å². The molecule has 0 aromatic heterocycles. The first-order valence-corrected chi connectivity index (χ1v) is 15.6. The maximum Gasteiger partial charge on any atom is 0.326 e. The summed E-state index contributed by atoms with van der Waals surface area (Å²) in [5, 5.41) is 42.6. The third-order valence-electron chi connectivity index (χ3n) is 9.68. The molecule has 16 nitrogen and oxygen atoms in total. The van der Waals surface area contributed by atoms with Crippen LogP contribution in [0.1, 0.15) is 63.5 Å². The van der Waals surface area contributed by atoms with Crippen molar-refractivity contribution in [3.63, 3.8) is 0 Å². The van der Waals surface area contributed by atoms with Crippen molar-refractivity contribution in [2.75, 3.05) is 7.11 Å². The van der Waals surface area contributed by atoms with E-state index in [1.54, 1.807) is 6.07 Å². The highest BCUT2D eigenvalue weighted by Gasteiger charge is 2.73. The van der Waals surface area contributed by atoms with Gasteiger partial charge in [0.1, 0.15) is 35.7 Å². The number of hydrogen-bond donors (Lipinski definition) is 6. The third-order valence-corrected chi connectivity index (χ3v) is 9.68. The molecule has 1 aromatic rings. The number of ether oxygens (including phenoxy) is 4. The second kappa shape index (κ2) is 13.1. The van der Waals surface area contributed by atoms with Crippen LogP contribution < -0.4 is 20.1 Å². The number of benzene rings is 1. The van der Waals surface area contributed by atoms with E-state index in [1.165, 1.54) is 13.2 Å². The van der Waals surface area contributed by atoms with E-state index in [1.807, 2.05) is 6.07 Å². The van der Waals surface area contributed by atoms with Crippen LogP contribution in [0.5, 0.6) is 11.5 Å². The number of nitrogens with one attached hydrogen (secondary N) is 2. The van der Waals surface area contributed by atoms with Crippen molar-refractivity contribution in [2.24, 2.45) is 5.92 Å². The van der Waals surface area contributed by atoms with E-state index in [0.29, 0.717) is 42.7 Å². The Bertz CT molecular complexity index is 1570. The summed E-state index contributed by atoms with van der Waals surface area (Å²) in [7, 11) is 1.46. The molecule has 260 valence electrons. The Kier molecular flexibility index (Phi) is 9.43. The van der Waals surface area contributed by atoms with Crippen LogP contribution >= 0.6 is 0 Å². The first-order valence-electron chi connectivity index (χ1n) is 15.6. The molecule has 1 aromatic carbocycles. The van der Waals surface area contributed by atoms with E-state index >= 15 is 0 Å². The van der Waals surface area contributed by atoms with E-state index < -0.39 is 89.9 Å². The van der Waals surface area contributed by atoms with Crippen molar-refractivity contribution in [3.8, 4) is 11.5 Å². The number of amides is 2. The van der Waals surface area contributed by atoms with Gasteiger partial charge in [-0.1, -0.05) is 12.5 Å². The monoisotopic (exact) mass is 674 g/mol. The molecule has 1 spiro atoms. The van der Waals surface area contributed by atoms with E-state index in [-0.39, 0.29) is 18.1 Å². The summed E-state index contributed by atoms with van der Waals surface area (Å²) in [6, 6.07) is 0.271. The zero-order valence-electron chi connectivity index (χ0n) is 26.5. The molecule has 1 aliphatic heterocycles. The van der Waals surface area contributed by atoms with Crippen molar-refractivity contribution in [3.05, 3.63) is 35.1 Å². The second-order valence-electron chi connectivity index (χ2n) is 12.6. The molecule has 48 heavy (non-hydrogen) atoms. The Hall–Kier alpha value is -4.70. The zero-order chi connectivity index (χ0) is 35.1. The standard InChI is InChI=1S/C32H38N2O14/c1-14(35)27(39)33-18(29(41)42)12-22(37)46-21-8-10-32(48-23(38)13-19(30(43)44)34-28(40)15(2)36)17-5-4-9-31(32)24-16(11-17)6-7-20(45-3)25(24)47-26(21)31/h6-8,14-15,17-19,26,35-36H,4-5,9-13H2,1-3H3,(H,33,39)(H,34,40)(H,41,42)(H,43,44)/t14-,15-,17+,18-,19-,26-,31-,32+/m0/s1. The number of aliphatic hydroxyl groups excluding tert-OH is 2. The number of carboxylic acid groups (broad SMARTS) is 2. The van der Waals surface area contributed by atoms with E-state index in [9.17, 15) is 49.2 Å². The second-order valence-corrected chi connectivity index (χ2v) is 12.6. The summed E-state index contributed by atoms with van der Waals surface area (Å²) in [6.45, 7) is 2.30. The summed E-state index contributed by atoms with van der Waals surface area (Å²) in [6.07, 6.45) is -1.79. The summed E-state index contributed by atoms with van der Waals surface area (Å²) < 4.78 is 24.2. The van der Waals surface area contributed by atoms with Gasteiger partial charge in [-0.15, -0.1) is 0 Å². The predicted octanol–water partition coefficient (Wildman–Crippen LogP) is -0.156. The molecule has 0 saturated heterocycles. The summed E-state index contributed by atoms with van der Waals surface area (Å²) in [4.78, 5) is 74.5. The summed E-state index contributed by atoms with van der Waals surface area (Å²) >= 11 is 0. The van der Waals surface area contributed by atoms with Gasteiger partial charge in [0.25, 0.3) is 0 Å². The fourth-order valence-electron chi connectivity index (χ4n) is 7.61. The normalized spacial score (nSPS) is 27.0. The van der Waals surface area contributed by atoms with Gasteiger partial charge in [-0.05, 0) is 50.8 Å². The molecule has 2 bridgehead atoms. The maximum atomic E-state index is 13.6. The molecular weight excluding hydrogens is 636 g/mol. The van der Waals surface area contributed by atoms with Gasteiger partial charge in [-0.2, -0.15) is 0 Å². The molecule has 3 aliphatic carbocycles. The van der Waals surface area contributed by atoms with Crippen molar-refractivity contribution < 1.29 is 68.1 Å². The zero-order valence-corrected chi connectivity index (χ0v) is 26.5. The lowest BCUT2D eigenvalue weighted by molar-refractivity contribution is -0.201. The van der Waals surface area contributed by atoms with Crippen LogP contribution in [0.15, 0.2) is 24.0 Å². The fourth-order valence-corrected chi connectivity index (χ4v) is 7.61. The van der Waals surface area contributed by atoms with Crippen molar-refractivity contribution in [1.82, 2.24) is 10.6 Å². The van der Waals surface area contributed by atoms with Gasteiger partial charge in [0.2, 0.25) is 11.8 Å². The largest absolute Gasteiger partial charge is 0.493 e. The number of aliphatic carboxylic acids is 2. The molecule has 16 heteroatoms. The van der Waals surface area contributed by atoms with Gasteiger partial charge >= 0.3 is 23.9 Å². The highest BCUT2D eigenvalue weighted by Crippen LogP contribution is 2.68. The van der Waals surface area contributed by atoms with Crippen LogP contribution in [0.4, 0.5) is 0 Å². The Morgan fingerprint density at radius 1 is 0.958 bits per heavy atom. The minimum absolute atomic E-state index is 0.0286. The number of carboxylic acids is 2. The molecular formula is C32H38N2O14. The van der Waals surface area contributed by atoms with Crippen molar-refractivity contribution in [1.29, 1.82) is 0 Å². The van der Waals surface area contributed by atoms with Gasteiger partial charge in [-0.25, -0.2) is 9.59 Å². The average Bonchev–Trinajstić information content (AvgIpc) is 3.36. The molecule has 0 unspecified atom stereocenters. The number of methoxy groups -OCH3 is 1. The Labute approximate surface area is 274 Å². The number of carbonyl (C=O) groups is 6. The molecule has 8 atom stereocenters. The predicted molar refractivity (Wildman–Crippen MR) is 159 cm³/mol. The van der Waals surface area contributed by atoms with Crippen molar-refractivity contribution >= 4 is 35.7 Å². The van der Waals surface area contributed by atoms with Gasteiger partial charge in [0.05, 0.1) is 25.4 Å². The average molecular weight is 675 g/mol. The van der Waals surface area contributed by atoms with Crippen LogP contribution in [0.2, 0.25) is 0 Å². The molecule has 0 radical (unpaired) electrons. The molecule has 1 saturated carbocycles. The summed E-state index contributed by atoms with van der Waals surface area (Å²) in [5.41, 5.74) is -0.791. The topological polar surface area (TPSA) is 244 Å². The third kappa shape index (κ3) is 5.83. The van der Waals surface area contributed by atoms with Gasteiger partial charge in [0.15, 0.2) is 17.6 Å². The first-order chi connectivity index (χ1) is 22.6. The number of rotatable bonds is 13. The Morgan fingerprint density at radius 2 is 1.56 bits per heavy atom. The van der Waals surface area contributed by atoms with Crippen LogP contribution in [-0.4, -0.2) is 99.2 Å². The van der Waals surface area contributed by atoms with Crippen molar-refractivity contribution in [2.45, 2.75) is 100 Å². The first kappa shape index (κ1) is 34.6. The molecule has 1 heterocycles. The SMILES string of the molecule is COc1ccc2c3c1O[C@H]1C(OC(=O)C[C@H](NC(=O)[C@H](C)O)C(=O)O)=CC[C@@]4(OC(=O)C[C@H](NC(=O)[C@H](C)O)C(=O)O)[C@H](CCC[C@]314)C2. The lowest BCUT2D eigenvalue weighted by atomic mass is 9.46. The van der Waals surface area contributed by atoms with E-state index in [0.717, 1.165) is 19.4 Å². The number of hydrogen-bond acceptors (Lipinski definition) is 12. The Balaban J connectivity index is 1.51. The lowest BCUT2D eigenvalue weighted by Crippen LogP contribution is -2.69. The van der Waals surface area contributed by atoms with Gasteiger partial charge in [-0.3, -0.25) is 19.2 Å². The van der Waals surface area contributed by atoms with Crippen LogP contribution in [0.3, 0.4) is 0 Å². The molecule has 2 amide bonds. The molecule has 4 aliphatic rings. The summed E-state index contributed by atoms with van der Waals surface area (Å²) in [5.74, 6) is -6.37.